The molecule has 0 rings (SSSR count). The number of unbranched alkanes of at least 4 members (excludes halogenated alkanes) is 6. The minimum atomic E-state index is -2.24. The Bertz CT molecular complexity index is 1520. The van der Waals surface area contributed by atoms with Crippen molar-refractivity contribution in [2.75, 3.05) is 79.3 Å². The zero-order chi connectivity index (χ0) is 65.9. The molecule has 4 N–H and O–H groups in total. The summed E-state index contributed by atoms with van der Waals surface area (Å²) < 4.78 is 76.5. The van der Waals surface area contributed by atoms with Gasteiger partial charge in [0.25, 0.3) is 0 Å². The van der Waals surface area contributed by atoms with Gasteiger partial charge in [0.2, 0.25) is 0 Å². The van der Waals surface area contributed by atoms with Gasteiger partial charge in [-0.2, -0.15) is 0 Å². The van der Waals surface area contributed by atoms with Crippen molar-refractivity contribution in [1.29, 1.82) is 0 Å². The predicted molar refractivity (Wildman–Crippen MR) is 384 cm³/mol. The summed E-state index contributed by atoms with van der Waals surface area (Å²) in [5.41, 5.74) is -1.57. The monoisotopic (exact) mass is 1400 g/mol. The second kappa shape index (κ2) is 39.0. The van der Waals surface area contributed by atoms with Gasteiger partial charge in [-0.1, -0.05) is 25.7 Å². The number of aliphatic hydroxyl groups excluding tert-OH is 4. The van der Waals surface area contributed by atoms with Crippen molar-refractivity contribution in [3.05, 3.63) is 0 Å². The van der Waals surface area contributed by atoms with Crippen LogP contribution in [0.25, 0.3) is 0 Å². The van der Waals surface area contributed by atoms with E-state index in [9.17, 15) is 20.4 Å². The van der Waals surface area contributed by atoms with Gasteiger partial charge in [-0.15, -0.1) is 0 Å². The summed E-state index contributed by atoms with van der Waals surface area (Å²) in [7, 11) is -22.4. The summed E-state index contributed by atoms with van der Waals surface area (Å²) in [5, 5.41) is 40.2. The zero-order valence-electron chi connectivity index (χ0n) is 60.1. The van der Waals surface area contributed by atoms with E-state index in [1.807, 2.05) is 0 Å². The smallest absolute Gasteiger partial charge is 0.314 e. The van der Waals surface area contributed by atoms with E-state index in [2.05, 4.69) is 183 Å². The van der Waals surface area contributed by atoms with Gasteiger partial charge in [0.15, 0.2) is 66.5 Å². The maximum Gasteiger partial charge on any atom is 0.314 e. The highest BCUT2D eigenvalue weighted by Crippen LogP contribution is 2.31. The Kier molecular flexibility index (Phi) is 40.8. The highest BCUT2D eigenvalue weighted by atomic mass is 28.5. The number of hydrogen-bond acceptors (Lipinski definition) is 16. The third kappa shape index (κ3) is 49.6. The lowest BCUT2D eigenvalue weighted by molar-refractivity contribution is -0.0777. The normalized spacial score (nSPS) is 14.6. The van der Waals surface area contributed by atoms with E-state index in [0.717, 1.165) is 88.4 Å². The van der Waals surface area contributed by atoms with Crippen molar-refractivity contribution >= 4 is 101 Å². The Morgan fingerprint density at radius 3 is 0.500 bits per heavy atom. The molecule has 0 bridgehead atoms. The third-order valence-corrected chi connectivity index (χ3v) is 50.8. The second-order valence-electron chi connectivity index (χ2n) is 32.6. The van der Waals surface area contributed by atoms with Crippen LogP contribution in [0.1, 0.15) is 64.2 Å². The summed E-state index contributed by atoms with van der Waals surface area (Å²) in [6, 6.07) is 3.91. The Labute approximate surface area is 531 Å². The molecule has 0 amide bonds. The van der Waals surface area contributed by atoms with Gasteiger partial charge in [-0.05, 0) is 246 Å². The van der Waals surface area contributed by atoms with E-state index in [1.54, 1.807) is 0 Å². The maximum absolute atomic E-state index is 10.1. The van der Waals surface area contributed by atoms with Crippen molar-refractivity contribution < 1.29 is 72.3 Å². The van der Waals surface area contributed by atoms with Crippen LogP contribution in [0.15, 0.2) is 0 Å². The molecule has 0 heterocycles. The molecule has 84 heavy (non-hydrogen) atoms. The van der Waals surface area contributed by atoms with E-state index in [-0.39, 0.29) is 52.9 Å². The van der Waals surface area contributed by atoms with Crippen molar-refractivity contribution in [2.24, 2.45) is 10.8 Å². The highest BCUT2D eigenvalue weighted by Gasteiger charge is 2.44. The number of ether oxygens (including phenoxy) is 4. The van der Waals surface area contributed by atoms with Crippen LogP contribution in [0.3, 0.4) is 0 Å². The number of aliphatic hydroxyl groups is 4. The van der Waals surface area contributed by atoms with Crippen LogP contribution in [0.2, 0.25) is 207 Å². The Balaban J connectivity index is 0. The molecular formula is C56H140O16Si12. The second-order valence-corrected chi connectivity index (χ2v) is 84.0. The van der Waals surface area contributed by atoms with E-state index < -0.39 is 112 Å². The van der Waals surface area contributed by atoms with Crippen molar-refractivity contribution in [2.45, 2.75) is 272 Å². The van der Waals surface area contributed by atoms with Crippen LogP contribution in [-0.2, 0) is 51.9 Å². The molecule has 0 aliphatic rings. The molecule has 28 heteroatoms. The molecule has 0 unspecified atom stereocenters. The molecule has 0 aromatic carbocycles. The van der Waals surface area contributed by atoms with Gasteiger partial charge in [-0.25, -0.2) is 0 Å². The van der Waals surface area contributed by atoms with Gasteiger partial charge in [0, 0.05) is 26.4 Å². The molecule has 0 aromatic rings. The molecule has 16 nitrogen and oxygen atoms in total. The Hall–Kier alpha value is 1.96. The lowest BCUT2D eigenvalue weighted by Crippen LogP contribution is -2.52. The molecule has 508 valence electrons. The zero-order valence-corrected chi connectivity index (χ0v) is 72.1. The molecule has 0 saturated carbocycles. The fraction of sp³-hybridized carbons (Fsp3) is 1.00. The standard InChI is InChI=1S/C29H72O8Si6.C27H68O8Si6/c1-38(2,3)34-42(13,35-39(4,5)6)23-19-15-17-21-32-27-29(25-30,26-31)28-33-22-18-16-20-24-43(14,36-40(7,8)9)37-41(10,11)12;1-36(2,3)32-40(13,33-37(4,5)6)21-17-15-19-30-25-27(23-28,24-29)26-31-20-16-18-22-41(14,34-38(7,8)9)35-39(10,11)12/h30-31H,15-28H2,1-14H3;28-29H,15-26H2,1-14H3. The van der Waals surface area contributed by atoms with Gasteiger partial charge < -0.3 is 72.3 Å². The molecule has 0 aliphatic carbocycles. The van der Waals surface area contributed by atoms with E-state index in [4.69, 9.17) is 51.9 Å². The van der Waals surface area contributed by atoms with Gasteiger partial charge in [-0.3, -0.25) is 0 Å². The predicted octanol–water partition coefficient (Wildman–Crippen LogP) is 15.0. The number of rotatable bonds is 50. The van der Waals surface area contributed by atoms with Crippen LogP contribution in [0.4, 0.5) is 0 Å². The molecule has 0 spiro atoms. The van der Waals surface area contributed by atoms with Crippen LogP contribution in [0, 0.1) is 10.8 Å². The SMILES string of the molecule is C[Si](C)(C)O[Si](C)(CCCCCOCC(CO)(CO)COCCCCC[Si](C)(O[Si](C)(C)C)O[Si](C)(C)C)O[Si](C)(C)C.C[Si](C)(C)O[Si](C)(CCCCOCC(CO)(CO)COCCCC[Si](C)(O[Si](C)(C)C)O[Si](C)(C)C)O[Si](C)(C)C. The molecular weight excluding hydrogens is 1270 g/mol. The first kappa shape index (κ1) is 88.0. The van der Waals surface area contributed by atoms with Gasteiger partial charge in [0.05, 0.1) is 63.7 Å². The average molecular weight is 1410 g/mol. The third-order valence-electron chi connectivity index (χ3n) is 12.3. The van der Waals surface area contributed by atoms with Crippen molar-refractivity contribution in [3.8, 4) is 0 Å². The summed E-state index contributed by atoms with van der Waals surface area (Å²) in [4.78, 5) is 0. The fourth-order valence-corrected chi connectivity index (χ4v) is 60.8. The first-order valence-electron chi connectivity index (χ1n) is 32.1. The Morgan fingerprint density at radius 1 is 0.214 bits per heavy atom. The summed E-state index contributed by atoms with van der Waals surface area (Å²) >= 11 is 0. The van der Waals surface area contributed by atoms with Crippen LogP contribution < -0.4 is 0 Å². The van der Waals surface area contributed by atoms with Crippen molar-refractivity contribution in [3.63, 3.8) is 0 Å². The van der Waals surface area contributed by atoms with E-state index in [0.29, 0.717) is 26.4 Å². The summed E-state index contributed by atoms with van der Waals surface area (Å²) in [6.07, 6.45) is 9.81. The topological polar surface area (TPSA) is 192 Å². The fourth-order valence-electron chi connectivity index (χ4n) is 10.3. The van der Waals surface area contributed by atoms with Crippen LogP contribution >= 0.6 is 0 Å². The van der Waals surface area contributed by atoms with Crippen molar-refractivity contribution in [1.82, 2.24) is 0 Å². The minimum Gasteiger partial charge on any atom is -0.437 e. The first-order valence-corrected chi connectivity index (χ1v) is 69.4. The maximum atomic E-state index is 10.1. The van der Waals surface area contributed by atoms with Crippen LogP contribution in [0.5, 0.6) is 0 Å². The Morgan fingerprint density at radius 2 is 0.357 bits per heavy atom. The molecule has 0 aromatic heterocycles. The largest absolute Gasteiger partial charge is 0.437 e. The molecule has 0 atom stereocenters. The molecule has 0 radical (unpaired) electrons. The quantitative estimate of drug-likeness (QED) is 0.0332. The van der Waals surface area contributed by atoms with Crippen LogP contribution in [-0.4, -0.2) is 200 Å². The lowest BCUT2D eigenvalue weighted by Gasteiger charge is -2.38. The summed E-state index contributed by atoms with van der Waals surface area (Å²) in [6.45, 7) is 65.3. The highest BCUT2D eigenvalue weighted by molar-refractivity contribution is 6.90. The lowest BCUT2D eigenvalue weighted by atomic mass is 9.92. The number of hydrogen-bond donors (Lipinski definition) is 4. The van der Waals surface area contributed by atoms with Gasteiger partial charge >= 0.3 is 34.2 Å². The molecule has 0 saturated heterocycles. The van der Waals surface area contributed by atoms with E-state index >= 15 is 0 Å². The minimum absolute atomic E-state index is 0.165. The molecule has 0 fully saturated rings. The van der Waals surface area contributed by atoms with E-state index in [1.165, 1.54) is 0 Å². The molecule has 0 aliphatic heterocycles. The first-order chi connectivity index (χ1) is 37.7. The summed E-state index contributed by atoms with van der Waals surface area (Å²) in [5.74, 6) is 0. The van der Waals surface area contributed by atoms with Gasteiger partial charge in [0.1, 0.15) is 0 Å². The average Bonchev–Trinajstić information content (AvgIpc) is 3.24.